The topological polar surface area (TPSA) is 38.8 Å². The molecule has 0 radical (unpaired) electrons. The van der Waals surface area contributed by atoms with Gasteiger partial charge in [-0.05, 0) is 57.2 Å². The molecular weight excluding hydrogens is 345 g/mol. The Morgan fingerprint density at radius 3 is 2.52 bits per heavy atom. The van der Waals surface area contributed by atoms with E-state index in [0.717, 1.165) is 18.4 Å². The van der Waals surface area contributed by atoms with E-state index in [2.05, 4.69) is 0 Å². The Morgan fingerprint density at radius 1 is 1.36 bits per heavy atom. The number of amides is 1. The molecule has 1 amide bonds. The Morgan fingerprint density at radius 2 is 2.00 bits per heavy atom. The summed E-state index contributed by atoms with van der Waals surface area (Å²) in [7, 11) is 1.66. The number of methoxy groups -OCH3 is 1. The molecule has 0 aromatic heterocycles. The molecule has 1 saturated heterocycles. The highest BCUT2D eigenvalue weighted by molar-refractivity contribution is 6.30. The van der Waals surface area contributed by atoms with E-state index in [1.54, 1.807) is 24.1 Å². The second kappa shape index (κ2) is 8.37. The molecule has 0 saturated carbocycles. The lowest BCUT2D eigenvalue weighted by molar-refractivity contribution is 0.0159. The van der Waals surface area contributed by atoms with E-state index in [1.165, 1.54) is 6.07 Å². The van der Waals surface area contributed by atoms with Crippen LogP contribution in [0, 0.1) is 11.7 Å². The number of carbonyl (C=O) groups excluding carboxylic acids is 1. The largest absolute Gasteiger partial charge is 0.444 e. The molecule has 1 unspecified atom stereocenters. The van der Waals surface area contributed by atoms with E-state index in [4.69, 9.17) is 21.1 Å². The second-order valence-electron chi connectivity index (χ2n) is 7.54. The Bertz CT molecular complexity index is 595. The van der Waals surface area contributed by atoms with E-state index in [0.29, 0.717) is 25.6 Å². The maximum atomic E-state index is 13.4. The van der Waals surface area contributed by atoms with Crippen LogP contribution in [0.4, 0.5) is 9.18 Å². The molecule has 1 heterocycles. The van der Waals surface area contributed by atoms with Crippen LogP contribution in [0.1, 0.15) is 45.1 Å². The minimum atomic E-state index is -0.489. The van der Waals surface area contributed by atoms with E-state index >= 15 is 0 Å². The van der Waals surface area contributed by atoms with Gasteiger partial charge < -0.3 is 14.4 Å². The fourth-order valence-corrected chi connectivity index (χ4v) is 3.43. The molecule has 0 aliphatic carbocycles. The minimum Gasteiger partial charge on any atom is -0.444 e. The van der Waals surface area contributed by atoms with Gasteiger partial charge in [0.15, 0.2) is 0 Å². The lowest BCUT2D eigenvalue weighted by Gasteiger charge is -2.36. The maximum Gasteiger partial charge on any atom is 0.410 e. The van der Waals surface area contributed by atoms with Gasteiger partial charge in [-0.1, -0.05) is 17.7 Å². The highest BCUT2D eigenvalue weighted by Crippen LogP contribution is 2.35. The molecular formula is C19H27ClFNO3. The Labute approximate surface area is 154 Å². The van der Waals surface area contributed by atoms with Crippen LogP contribution in [-0.4, -0.2) is 43.4 Å². The summed E-state index contributed by atoms with van der Waals surface area (Å²) in [5.74, 6) is 0.0605. The van der Waals surface area contributed by atoms with Crippen molar-refractivity contribution in [1.29, 1.82) is 0 Å². The maximum absolute atomic E-state index is 13.4. The third-order valence-electron chi connectivity index (χ3n) is 4.48. The first kappa shape index (κ1) is 20.0. The van der Waals surface area contributed by atoms with E-state index in [-0.39, 0.29) is 17.0 Å². The zero-order valence-corrected chi connectivity index (χ0v) is 16.1. The van der Waals surface area contributed by atoms with Crippen molar-refractivity contribution in [2.45, 2.75) is 45.1 Å². The smallest absolute Gasteiger partial charge is 0.410 e. The number of ether oxygens (including phenoxy) is 2. The molecule has 1 fully saturated rings. The average Bonchev–Trinajstić information content (AvgIpc) is 2.54. The van der Waals surface area contributed by atoms with Gasteiger partial charge in [-0.3, -0.25) is 0 Å². The molecule has 2 rings (SSSR count). The SMILES string of the molecule is COCC(c1ccc(F)c(Cl)c1)C1CCN(C(=O)OC(C)(C)C)CC1. The van der Waals surface area contributed by atoms with Gasteiger partial charge in [0, 0.05) is 26.1 Å². The Hall–Kier alpha value is -1.33. The third-order valence-corrected chi connectivity index (χ3v) is 4.77. The lowest BCUT2D eigenvalue weighted by atomic mass is 9.80. The van der Waals surface area contributed by atoms with Crippen LogP contribution in [0.3, 0.4) is 0 Å². The molecule has 25 heavy (non-hydrogen) atoms. The summed E-state index contributed by atoms with van der Waals surface area (Å²) in [6.45, 7) is 7.43. The third kappa shape index (κ3) is 5.58. The Kier molecular flexibility index (Phi) is 6.69. The number of halogens is 2. The number of benzene rings is 1. The van der Waals surface area contributed by atoms with E-state index < -0.39 is 11.4 Å². The number of nitrogens with zero attached hydrogens (tertiary/aromatic N) is 1. The van der Waals surface area contributed by atoms with Crippen LogP contribution in [-0.2, 0) is 9.47 Å². The second-order valence-corrected chi connectivity index (χ2v) is 7.95. The molecule has 6 heteroatoms. The summed E-state index contributed by atoms with van der Waals surface area (Å²) in [5, 5.41) is 0.129. The van der Waals surface area contributed by atoms with Gasteiger partial charge in [-0.2, -0.15) is 0 Å². The first-order valence-electron chi connectivity index (χ1n) is 8.63. The summed E-state index contributed by atoms with van der Waals surface area (Å²) in [6.07, 6.45) is 1.43. The highest BCUT2D eigenvalue weighted by atomic mass is 35.5. The van der Waals surface area contributed by atoms with Crippen molar-refractivity contribution in [3.63, 3.8) is 0 Å². The molecule has 1 atom stereocenters. The first-order valence-corrected chi connectivity index (χ1v) is 9.01. The van der Waals surface area contributed by atoms with E-state index in [1.807, 2.05) is 20.8 Å². The van der Waals surface area contributed by atoms with Crippen molar-refractivity contribution in [1.82, 2.24) is 4.90 Å². The average molecular weight is 372 g/mol. The quantitative estimate of drug-likeness (QED) is 0.758. The molecule has 1 aromatic carbocycles. The van der Waals surface area contributed by atoms with Gasteiger partial charge in [-0.25, -0.2) is 9.18 Å². The number of likely N-dealkylation sites (tertiary alicyclic amines) is 1. The summed E-state index contributed by atoms with van der Waals surface area (Å²) < 4.78 is 24.3. The van der Waals surface area contributed by atoms with Crippen LogP contribution in [0.5, 0.6) is 0 Å². The number of carbonyl (C=O) groups is 1. The summed E-state index contributed by atoms with van der Waals surface area (Å²) >= 11 is 5.94. The molecule has 140 valence electrons. The molecule has 1 aromatic rings. The predicted octanol–water partition coefficient (Wildman–Crippen LogP) is 4.86. The number of rotatable bonds is 4. The summed E-state index contributed by atoms with van der Waals surface area (Å²) in [5.41, 5.74) is 0.487. The first-order chi connectivity index (χ1) is 11.7. The summed E-state index contributed by atoms with van der Waals surface area (Å²) in [4.78, 5) is 13.9. The van der Waals surface area contributed by atoms with Gasteiger partial charge in [-0.15, -0.1) is 0 Å². The zero-order valence-electron chi connectivity index (χ0n) is 15.4. The Balaban J connectivity index is 2.02. The summed E-state index contributed by atoms with van der Waals surface area (Å²) in [6, 6.07) is 4.85. The lowest BCUT2D eigenvalue weighted by Crippen LogP contribution is -2.42. The molecule has 0 bridgehead atoms. The van der Waals surface area contributed by atoms with Gasteiger partial charge in [0.05, 0.1) is 11.6 Å². The fourth-order valence-electron chi connectivity index (χ4n) is 3.24. The van der Waals surface area contributed by atoms with Crippen molar-refractivity contribution in [2.24, 2.45) is 5.92 Å². The van der Waals surface area contributed by atoms with Crippen molar-refractivity contribution in [3.05, 3.63) is 34.6 Å². The zero-order chi connectivity index (χ0) is 18.6. The van der Waals surface area contributed by atoms with Crippen LogP contribution >= 0.6 is 11.6 Å². The minimum absolute atomic E-state index is 0.129. The van der Waals surface area contributed by atoms with Crippen LogP contribution in [0.2, 0.25) is 5.02 Å². The van der Waals surface area contributed by atoms with Gasteiger partial charge in [0.1, 0.15) is 11.4 Å². The van der Waals surface area contributed by atoms with Crippen LogP contribution in [0.15, 0.2) is 18.2 Å². The predicted molar refractivity (Wildman–Crippen MR) is 96.6 cm³/mol. The molecule has 1 aliphatic rings. The van der Waals surface area contributed by atoms with Crippen molar-refractivity contribution in [3.8, 4) is 0 Å². The molecule has 1 aliphatic heterocycles. The van der Waals surface area contributed by atoms with E-state index in [9.17, 15) is 9.18 Å². The standard InChI is InChI=1S/C19H27ClFNO3/c1-19(2,3)25-18(23)22-9-7-13(8-10-22)15(12-24-4)14-5-6-17(21)16(20)11-14/h5-6,11,13,15H,7-10,12H2,1-4H3. The fraction of sp³-hybridized carbons (Fsp3) is 0.632. The van der Waals surface area contributed by atoms with Crippen LogP contribution < -0.4 is 0 Å². The monoisotopic (exact) mass is 371 g/mol. The van der Waals surface area contributed by atoms with Crippen molar-refractivity contribution in [2.75, 3.05) is 26.8 Å². The number of hydrogen-bond donors (Lipinski definition) is 0. The van der Waals surface area contributed by atoms with Crippen molar-refractivity contribution >= 4 is 17.7 Å². The van der Waals surface area contributed by atoms with Crippen molar-refractivity contribution < 1.29 is 18.7 Å². The van der Waals surface area contributed by atoms with Gasteiger partial charge in [0.2, 0.25) is 0 Å². The van der Waals surface area contributed by atoms with Gasteiger partial charge >= 0.3 is 6.09 Å². The highest BCUT2D eigenvalue weighted by Gasteiger charge is 2.31. The molecule has 4 nitrogen and oxygen atoms in total. The number of hydrogen-bond acceptors (Lipinski definition) is 3. The van der Waals surface area contributed by atoms with Gasteiger partial charge in [0.25, 0.3) is 0 Å². The molecule has 0 N–H and O–H groups in total. The number of piperidine rings is 1. The normalized spacial score (nSPS) is 17.4. The molecule has 0 spiro atoms. The van der Waals surface area contributed by atoms with Crippen LogP contribution in [0.25, 0.3) is 0 Å².